The van der Waals surface area contributed by atoms with Crippen LogP contribution in [0, 0.1) is 0 Å². The van der Waals surface area contributed by atoms with E-state index >= 15 is 0 Å². The van der Waals surface area contributed by atoms with Crippen molar-refractivity contribution in [2.75, 3.05) is 0 Å². The molecule has 0 bridgehead atoms. The second-order valence-electron chi connectivity index (χ2n) is 9.17. The van der Waals surface area contributed by atoms with Crippen molar-refractivity contribution in [3.8, 4) is 11.4 Å². The van der Waals surface area contributed by atoms with E-state index in [-0.39, 0.29) is 24.0 Å². The van der Waals surface area contributed by atoms with Crippen LogP contribution in [-0.4, -0.2) is 42.4 Å². The number of halogens is 3. The van der Waals surface area contributed by atoms with E-state index in [4.69, 9.17) is 0 Å². The molecule has 2 aromatic carbocycles. The maximum Gasteiger partial charge on any atom is 0.425 e. The number of H-pyrrole nitrogens is 1. The number of aromatic amines is 1. The summed E-state index contributed by atoms with van der Waals surface area (Å²) in [6.07, 6.45) is -1.80. The van der Waals surface area contributed by atoms with Crippen molar-refractivity contribution in [1.82, 2.24) is 41.2 Å². The maximum absolute atomic E-state index is 13.0. The average Bonchev–Trinajstić information content (AvgIpc) is 3.71. The van der Waals surface area contributed by atoms with E-state index in [1.165, 1.54) is 6.07 Å². The fraction of sp³-hybridized carbons (Fsp3) is 0.192. The minimum Gasteiger partial charge on any atom is -0.347 e. The van der Waals surface area contributed by atoms with Crippen LogP contribution >= 0.6 is 11.3 Å². The fourth-order valence-corrected chi connectivity index (χ4v) is 5.62. The van der Waals surface area contributed by atoms with E-state index in [9.17, 15) is 22.8 Å². The Morgan fingerprint density at radius 3 is 2.62 bits per heavy atom. The minimum absolute atomic E-state index is 0.00622. The van der Waals surface area contributed by atoms with Crippen molar-refractivity contribution < 1.29 is 22.8 Å². The van der Waals surface area contributed by atoms with Crippen LogP contribution in [0.3, 0.4) is 0 Å². The molecule has 0 saturated heterocycles. The summed E-state index contributed by atoms with van der Waals surface area (Å²) >= 11 is 0.651. The zero-order valence-electron chi connectivity index (χ0n) is 20.5. The number of rotatable bonds is 6. The van der Waals surface area contributed by atoms with Gasteiger partial charge >= 0.3 is 6.18 Å². The summed E-state index contributed by atoms with van der Waals surface area (Å²) in [5, 5.41) is 20.1. The molecular formula is C26H19F3N8O2S. The molecule has 3 N–H and O–H groups in total. The summed E-state index contributed by atoms with van der Waals surface area (Å²) in [6, 6.07) is 12.8. The number of nitrogens with one attached hydrogen (secondary N) is 3. The number of carbonyl (C=O) groups excluding carboxylic acids is 2. The van der Waals surface area contributed by atoms with Crippen LogP contribution in [0.4, 0.5) is 13.2 Å². The highest BCUT2D eigenvalue weighted by Crippen LogP contribution is 2.38. The molecule has 1 aliphatic carbocycles. The summed E-state index contributed by atoms with van der Waals surface area (Å²) in [6.45, 7) is 0.0737. The van der Waals surface area contributed by atoms with E-state index in [1.807, 2.05) is 18.2 Å². The molecule has 0 radical (unpaired) electrons. The number of tetrazole rings is 1. The van der Waals surface area contributed by atoms with Gasteiger partial charge in [-0.2, -0.15) is 18.4 Å². The third kappa shape index (κ3) is 5.12. The standard InChI is InChI=1S/C26H19F3N8O2S/c27-26(28,29)22-9-15-2-1-13(7-21(15)40-22)11-30-24(38)19-10-20(32-12-31-19)25(39)33-18-6-4-14-8-16(3-5-17(14)18)23-34-36-37-35-23/h1-3,5,7-10,12,18H,4,6,11H2,(H,30,38)(H,33,39)(H,34,35,36,37)/t18-/m0/s1. The van der Waals surface area contributed by atoms with Gasteiger partial charge in [-0.1, -0.05) is 24.3 Å². The topological polar surface area (TPSA) is 138 Å². The number of fused-ring (bicyclic) bond motifs is 2. The smallest absolute Gasteiger partial charge is 0.347 e. The van der Waals surface area contributed by atoms with E-state index in [0.29, 0.717) is 39.2 Å². The molecule has 202 valence electrons. The SMILES string of the molecule is O=C(NCc1ccc2cc(C(F)(F)F)sc2c1)c1cc(C(=O)N[C@H]2CCc3cc(-c4nn[nH]n4)ccc32)ncn1. The second kappa shape index (κ2) is 10.1. The number of amides is 2. The molecule has 2 amide bonds. The molecule has 3 heterocycles. The summed E-state index contributed by atoms with van der Waals surface area (Å²) in [5.41, 5.74) is 3.55. The van der Waals surface area contributed by atoms with Crippen LogP contribution < -0.4 is 10.6 Å². The zero-order valence-corrected chi connectivity index (χ0v) is 21.3. The number of nitrogens with zero attached hydrogens (tertiary/aromatic N) is 5. The number of hydrogen-bond acceptors (Lipinski definition) is 8. The van der Waals surface area contributed by atoms with Crippen LogP contribution in [0.2, 0.25) is 0 Å². The lowest BCUT2D eigenvalue weighted by atomic mass is 10.0. The molecule has 5 aromatic rings. The third-order valence-corrected chi connectivity index (χ3v) is 7.72. The molecule has 3 aromatic heterocycles. The molecule has 10 nitrogen and oxygen atoms in total. The number of hydrogen-bond donors (Lipinski definition) is 3. The highest BCUT2D eigenvalue weighted by atomic mass is 32.1. The number of aromatic nitrogens is 6. The van der Waals surface area contributed by atoms with Crippen LogP contribution in [0.25, 0.3) is 21.5 Å². The van der Waals surface area contributed by atoms with Crippen LogP contribution in [0.15, 0.2) is 54.9 Å². The van der Waals surface area contributed by atoms with Gasteiger partial charge in [0.1, 0.15) is 22.6 Å². The molecule has 0 aliphatic heterocycles. The van der Waals surface area contributed by atoms with Crippen LogP contribution in [0.1, 0.15) is 55.0 Å². The third-order valence-electron chi connectivity index (χ3n) is 6.58. The summed E-state index contributed by atoms with van der Waals surface area (Å²) in [4.78, 5) is 33.0. The Morgan fingerprint density at radius 1 is 1.02 bits per heavy atom. The monoisotopic (exact) mass is 564 g/mol. The van der Waals surface area contributed by atoms with E-state index in [1.54, 1.807) is 18.2 Å². The van der Waals surface area contributed by atoms with E-state index in [2.05, 4.69) is 41.2 Å². The van der Waals surface area contributed by atoms with Gasteiger partial charge in [0, 0.05) is 22.9 Å². The Hall–Kier alpha value is -4.72. The zero-order chi connectivity index (χ0) is 27.9. The largest absolute Gasteiger partial charge is 0.425 e. The molecule has 1 aliphatic rings. The maximum atomic E-state index is 13.0. The summed E-state index contributed by atoms with van der Waals surface area (Å²) in [5.74, 6) is -0.496. The van der Waals surface area contributed by atoms with E-state index in [0.717, 1.165) is 35.5 Å². The Bertz CT molecular complexity index is 1740. The number of thiophene rings is 1. The van der Waals surface area contributed by atoms with Gasteiger partial charge in [-0.05, 0) is 58.3 Å². The first-order valence-electron chi connectivity index (χ1n) is 12.1. The van der Waals surface area contributed by atoms with Gasteiger partial charge in [-0.3, -0.25) is 9.59 Å². The minimum atomic E-state index is -4.41. The van der Waals surface area contributed by atoms with Crippen molar-refractivity contribution >= 4 is 33.2 Å². The molecule has 14 heteroatoms. The lowest BCUT2D eigenvalue weighted by Gasteiger charge is -2.14. The van der Waals surface area contributed by atoms with Gasteiger partial charge in [0.15, 0.2) is 0 Å². The molecular weight excluding hydrogens is 545 g/mol. The summed E-state index contributed by atoms with van der Waals surface area (Å²) < 4.78 is 39.5. The molecule has 40 heavy (non-hydrogen) atoms. The Labute approximate surface area is 228 Å². The predicted molar refractivity (Wildman–Crippen MR) is 138 cm³/mol. The molecule has 0 saturated carbocycles. The first-order chi connectivity index (χ1) is 19.2. The molecule has 6 rings (SSSR count). The molecule has 0 unspecified atom stereocenters. The highest BCUT2D eigenvalue weighted by Gasteiger charge is 2.32. The normalized spacial score (nSPS) is 14.7. The molecule has 0 fully saturated rings. The lowest BCUT2D eigenvalue weighted by molar-refractivity contribution is -0.134. The van der Waals surface area contributed by atoms with E-state index < -0.39 is 22.9 Å². The Kier molecular flexibility index (Phi) is 6.46. The second-order valence-corrected chi connectivity index (χ2v) is 10.2. The van der Waals surface area contributed by atoms with Gasteiger partial charge < -0.3 is 10.6 Å². The fourth-order valence-electron chi connectivity index (χ4n) is 4.63. The average molecular weight is 565 g/mol. The van der Waals surface area contributed by atoms with Gasteiger partial charge in [0.05, 0.1) is 6.04 Å². The molecule has 0 spiro atoms. The quantitative estimate of drug-likeness (QED) is 0.280. The van der Waals surface area contributed by atoms with Crippen molar-refractivity contribution in [2.24, 2.45) is 0 Å². The predicted octanol–water partition coefficient (Wildman–Crippen LogP) is 4.24. The first kappa shape index (κ1) is 25.6. The number of carbonyl (C=O) groups is 2. The highest BCUT2D eigenvalue weighted by molar-refractivity contribution is 7.19. The van der Waals surface area contributed by atoms with Gasteiger partial charge in [0.2, 0.25) is 5.82 Å². The van der Waals surface area contributed by atoms with Crippen LogP contribution in [0.5, 0.6) is 0 Å². The number of aryl methyl sites for hydroxylation is 1. The van der Waals surface area contributed by atoms with Gasteiger partial charge in [-0.15, -0.1) is 21.5 Å². The van der Waals surface area contributed by atoms with Crippen molar-refractivity contribution in [2.45, 2.75) is 31.6 Å². The Balaban J connectivity index is 1.10. The Morgan fingerprint density at radius 2 is 1.85 bits per heavy atom. The van der Waals surface area contributed by atoms with Gasteiger partial charge in [0.25, 0.3) is 11.8 Å². The first-order valence-corrected chi connectivity index (χ1v) is 12.9. The van der Waals surface area contributed by atoms with Crippen molar-refractivity contribution in [3.63, 3.8) is 0 Å². The van der Waals surface area contributed by atoms with Gasteiger partial charge in [-0.25, -0.2) is 9.97 Å². The van der Waals surface area contributed by atoms with Crippen LogP contribution in [-0.2, 0) is 19.1 Å². The number of benzene rings is 2. The molecule has 1 atom stereocenters. The lowest BCUT2D eigenvalue weighted by Crippen LogP contribution is -2.29. The summed E-state index contributed by atoms with van der Waals surface area (Å²) in [7, 11) is 0. The van der Waals surface area contributed by atoms with Crippen molar-refractivity contribution in [1.29, 1.82) is 0 Å². The van der Waals surface area contributed by atoms with Crippen molar-refractivity contribution in [3.05, 3.63) is 87.8 Å². The number of alkyl halides is 3.